The van der Waals surface area contributed by atoms with E-state index in [1.807, 2.05) is 0 Å². The molecular formula is C23H26ClN3O5S. The van der Waals surface area contributed by atoms with E-state index < -0.39 is 28.0 Å². The fourth-order valence-corrected chi connectivity index (χ4v) is 4.92. The number of nitrogens with one attached hydrogen (secondary N) is 1. The van der Waals surface area contributed by atoms with Crippen molar-refractivity contribution in [1.29, 1.82) is 0 Å². The van der Waals surface area contributed by atoms with Gasteiger partial charge in [0.15, 0.2) is 6.10 Å². The lowest BCUT2D eigenvalue weighted by molar-refractivity contribution is -0.148. The summed E-state index contributed by atoms with van der Waals surface area (Å²) in [6.07, 6.45) is 6.86. The number of hydrogen-bond acceptors (Lipinski definition) is 6. The topological polar surface area (TPSA) is 106 Å². The molecule has 10 heteroatoms. The summed E-state index contributed by atoms with van der Waals surface area (Å²) in [5.41, 5.74) is 0.629. The molecule has 0 saturated carbocycles. The third kappa shape index (κ3) is 7.12. The molecule has 1 aliphatic rings. The maximum atomic E-state index is 12.8. The van der Waals surface area contributed by atoms with Gasteiger partial charge in [-0.25, -0.2) is 18.2 Å². The van der Waals surface area contributed by atoms with E-state index in [1.54, 1.807) is 18.2 Å². The minimum absolute atomic E-state index is 0.227. The molecular weight excluding hydrogens is 466 g/mol. The number of halogens is 1. The van der Waals surface area contributed by atoms with Crippen LogP contribution in [0.3, 0.4) is 0 Å². The van der Waals surface area contributed by atoms with Crippen molar-refractivity contribution in [3.05, 3.63) is 59.3 Å². The van der Waals surface area contributed by atoms with Crippen molar-refractivity contribution in [2.75, 3.05) is 18.4 Å². The van der Waals surface area contributed by atoms with Crippen molar-refractivity contribution in [1.82, 2.24) is 9.29 Å². The van der Waals surface area contributed by atoms with E-state index in [1.165, 1.54) is 47.8 Å². The van der Waals surface area contributed by atoms with E-state index in [0.29, 0.717) is 23.7 Å². The second kappa shape index (κ2) is 11.4. The van der Waals surface area contributed by atoms with Crippen molar-refractivity contribution >= 4 is 45.4 Å². The molecule has 1 aromatic carbocycles. The molecule has 1 aromatic heterocycles. The molecule has 0 bridgehead atoms. The monoisotopic (exact) mass is 491 g/mol. The Bertz CT molecular complexity index is 1090. The minimum Gasteiger partial charge on any atom is -0.449 e. The molecule has 0 aliphatic carbocycles. The van der Waals surface area contributed by atoms with Crippen molar-refractivity contribution < 1.29 is 22.7 Å². The number of pyridine rings is 1. The van der Waals surface area contributed by atoms with E-state index >= 15 is 0 Å². The van der Waals surface area contributed by atoms with Gasteiger partial charge in [-0.15, -0.1) is 0 Å². The zero-order valence-corrected chi connectivity index (χ0v) is 19.8. The maximum Gasteiger partial charge on any atom is 0.331 e. The minimum atomic E-state index is -3.53. The normalized spacial score (nSPS) is 16.2. The molecule has 1 aliphatic heterocycles. The lowest BCUT2D eigenvalue weighted by atomic mass is 10.2. The van der Waals surface area contributed by atoms with Gasteiger partial charge in [-0.3, -0.25) is 4.79 Å². The standard InChI is InChI=1S/C23H26ClN3O5S/c1-17(23(29)26-21-12-9-19(24)16-25-21)32-22(28)13-8-18-6-10-20(11-7-18)33(30,31)27-14-4-2-3-5-15-27/h6-13,16-17H,2-5,14-15H2,1H3,(H,25,26,29). The molecule has 3 rings (SSSR count). The van der Waals surface area contributed by atoms with Gasteiger partial charge in [-0.1, -0.05) is 36.6 Å². The quantitative estimate of drug-likeness (QED) is 0.465. The molecule has 33 heavy (non-hydrogen) atoms. The highest BCUT2D eigenvalue weighted by Crippen LogP contribution is 2.21. The summed E-state index contributed by atoms with van der Waals surface area (Å²) in [7, 11) is -3.53. The fraction of sp³-hybridized carbons (Fsp3) is 0.348. The van der Waals surface area contributed by atoms with E-state index in [0.717, 1.165) is 25.7 Å². The van der Waals surface area contributed by atoms with Gasteiger partial charge in [0.1, 0.15) is 5.82 Å². The van der Waals surface area contributed by atoms with Crippen LogP contribution in [-0.2, 0) is 24.3 Å². The van der Waals surface area contributed by atoms with Crippen LogP contribution < -0.4 is 5.32 Å². The zero-order valence-electron chi connectivity index (χ0n) is 18.2. The average Bonchev–Trinajstić information content (AvgIpc) is 3.10. The van der Waals surface area contributed by atoms with Crippen LogP contribution >= 0.6 is 11.6 Å². The van der Waals surface area contributed by atoms with Crippen LogP contribution in [0.1, 0.15) is 38.2 Å². The van der Waals surface area contributed by atoms with Crippen LogP contribution in [0.25, 0.3) is 6.08 Å². The first kappa shape index (κ1) is 24.9. The molecule has 1 atom stereocenters. The Morgan fingerprint density at radius 1 is 1.09 bits per heavy atom. The Balaban J connectivity index is 1.55. The van der Waals surface area contributed by atoms with E-state index in [9.17, 15) is 18.0 Å². The molecule has 2 aromatic rings. The van der Waals surface area contributed by atoms with Gasteiger partial charge in [0.05, 0.1) is 9.92 Å². The van der Waals surface area contributed by atoms with E-state index in [-0.39, 0.29) is 10.7 Å². The van der Waals surface area contributed by atoms with E-state index in [2.05, 4.69) is 10.3 Å². The highest BCUT2D eigenvalue weighted by atomic mass is 35.5. The predicted molar refractivity (Wildman–Crippen MR) is 126 cm³/mol. The summed E-state index contributed by atoms with van der Waals surface area (Å²) in [6, 6.07) is 9.41. The van der Waals surface area contributed by atoms with Crippen molar-refractivity contribution in [2.24, 2.45) is 0 Å². The fourth-order valence-electron chi connectivity index (χ4n) is 3.29. The molecule has 0 radical (unpaired) electrons. The molecule has 8 nitrogen and oxygen atoms in total. The Morgan fingerprint density at radius 3 is 2.36 bits per heavy atom. The summed E-state index contributed by atoms with van der Waals surface area (Å²) < 4.78 is 32.3. The van der Waals surface area contributed by atoms with Crippen LogP contribution in [0.2, 0.25) is 5.02 Å². The second-order valence-corrected chi connectivity index (χ2v) is 10.0. The molecule has 1 N–H and O–H groups in total. The molecule has 2 heterocycles. The third-order valence-corrected chi connectivity index (χ3v) is 7.27. The van der Waals surface area contributed by atoms with Gasteiger partial charge in [-0.05, 0) is 55.7 Å². The number of sulfonamides is 1. The van der Waals surface area contributed by atoms with Crippen LogP contribution in [0.4, 0.5) is 5.82 Å². The molecule has 1 fully saturated rings. The average molecular weight is 492 g/mol. The summed E-state index contributed by atoms with van der Waals surface area (Å²) >= 11 is 5.75. The predicted octanol–water partition coefficient (Wildman–Crippen LogP) is 3.88. The zero-order chi connectivity index (χ0) is 23.8. The van der Waals surface area contributed by atoms with Gasteiger partial charge in [0, 0.05) is 25.4 Å². The van der Waals surface area contributed by atoms with Gasteiger partial charge in [-0.2, -0.15) is 4.31 Å². The second-order valence-electron chi connectivity index (χ2n) is 7.65. The molecule has 1 saturated heterocycles. The number of anilines is 1. The Kier molecular flexibility index (Phi) is 8.60. The first-order valence-electron chi connectivity index (χ1n) is 10.7. The van der Waals surface area contributed by atoms with Crippen molar-refractivity contribution in [3.8, 4) is 0 Å². The number of aromatic nitrogens is 1. The Hall–Kier alpha value is -2.75. The van der Waals surface area contributed by atoms with Crippen molar-refractivity contribution in [2.45, 2.75) is 43.6 Å². The number of hydrogen-bond donors (Lipinski definition) is 1. The number of carbonyl (C=O) groups excluding carboxylic acids is 2. The van der Waals surface area contributed by atoms with Gasteiger partial charge >= 0.3 is 5.97 Å². The van der Waals surface area contributed by atoms with Crippen LogP contribution in [0, 0.1) is 0 Å². The highest BCUT2D eigenvalue weighted by molar-refractivity contribution is 7.89. The number of carbonyl (C=O) groups is 2. The summed E-state index contributed by atoms with van der Waals surface area (Å²) in [6.45, 7) is 2.52. The number of benzene rings is 1. The summed E-state index contributed by atoms with van der Waals surface area (Å²) in [4.78, 5) is 28.4. The summed E-state index contributed by atoms with van der Waals surface area (Å²) in [5.74, 6) is -0.948. The highest BCUT2D eigenvalue weighted by Gasteiger charge is 2.24. The Morgan fingerprint density at radius 2 is 1.76 bits per heavy atom. The van der Waals surface area contributed by atoms with Gasteiger partial charge in [0.25, 0.3) is 5.91 Å². The molecule has 1 unspecified atom stereocenters. The Labute approximate surface area is 198 Å². The lowest BCUT2D eigenvalue weighted by Crippen LogP contribution is -2.31. The number of esters is 1. The van der Waals surface area contributed by atoms with Crippen LogP contribution in [0.15, 0.2) is 53.6 Å². The number of amides is 1. The van der Waals surface area contributed by atoms with E-state index in [4.69, 9.17) is 16.3 Å². The lowest BCUT2D eigenvalue weighted by Gasteiger charge is -2.19. The first-order valence-corrected chi connectivity index (χ1v) is 12.5. The number of nitrogens with zero attached hydrogens (tertiary/aromatic N) is 2. The number of rotatable bonds is 7. The smallest absolute Gasteiger partial charge is 0.331 e. The number of ether oxygens (including phenoxy) is 1. The van der Waals surface area contributed by atoms with Gasteiger partial charge < -0.3 is 10.1 Å². The van der Waals surface area contributed by atoms with Crippen LogP contribution in [-0.4, -0.2) is 48.8 Å². The molecule has 176 valence electrons. The molecule has 0 spiro atoms. The SMILES string of the molecule is CC(OC(=O)C=Cc1ccc(S(=O)(=O)N2CCCCCC2)cc1)C(=O)Nc1ccc(Cl)cn1. The van der Waals surface area contributed by atoms with Crippen molar-refractivity contribution in [3.63, 3.8) is 0 Å². The first-order chi connectivity index (χ1) is 15.8. The maximum absolute atomic E-state index is 12.8. The summed E-state index contributed by atoms with van der Waals surface area (Å²) in [5, 5.41) is 2.96. The third-order valence-electron chi connectivity index (χ3n) is 5.14. The van der Waals surface area contributed by atoms with Crippen LogP contribution in [0.5, 0.6) is 0 Å². The molecule has 1 amide bonds. The largest absolute Gasteiger partial charge is 0.449 e. The van der Waals surface area contributed by atoms with Gasteiger partial charge in [0.2, 0.25) is 10.0 Å².